The average Bonchev–Trinajstić information content (AvgIpc) is 1.58. The second kappa shape index (κ2) is 42.4. The molecule has 0 fully saturated rings. The molecule has 3 aliphatic carbocycles. The zero-order valence-electron chi connectivity index (χ0n) is 77.4. The molecule has 0 saturated heterocycles. The first kappa shape index (κ1) is 100.0. The smallest absolute Gasteiger partial charge is 0.159 e. The van der Waals surface area contributed by atoms with E-state index < -0.39 is 0 Å². The predicted molar refractivity (Wildman–Crippen MR) is 517 cm³/mol. The van der Waals surface area contributed by atoms with Gasteiger partial charge in [-0.05, 0) is 200 Å². The molecule has 3 radical (unpaired) electrons. The first-order chi connectivity index (χ1) is 58.7. The first-order valence-corrected chi connectivity index (χ1v) is 43.3. The van der Waals surface area contributed by atoms with E-state index in [-0.39, 0.29) is 111 Å². The Balaban J connectivity index is 0.000000186. The van der Waals surface area contributed by atoms with Crippen LogP contribution in [0.25, 0.3) is 122 Å². The van der Waals surface area contributed by atoms with Gasteiger partial charge in [-0.25, -0.2) is 0 Å². The average molecular weight is 2210 g/mol. The van der Waals surface area contributed by atoms with Gasteiger partial charge in [0.05, 0.1) is 33.8 Å². The Hall–Kier alpha value is -10.8. The van der Waals surface area contributed by atoms with Crippen molar-refractivity contribution in [1.82, 2.24) is 15.0 Å². The van der Waals surface area contributed by atoms with Crippen LogP contribution < -0.4 is 0 Å². The van der Waals surface area contributed by atoms with Crippen LogP contribution in [0, 0.1) is 77.5 Å². The van der Waals surface area contributed by atoms with Crippen molar-refractivity contribution in [3.63, 3.8) is 0 Å². The zero-order chi connectivity index (χ0) is 89.6. The van der Waals surface area contributed by atoms with Gasteiger partial charge in [0.1, 0.15) is 0 Å². The Bertz CT molecular complexity index is 6170. The molecular weight excluding hydrogens is 2100 g/mol. The van der Waals surface area contributed by atoms with Crippen LogP contribution in [0.4, 0.5) is 0 Å². The van der Waals surface area contributed by atoms with Crippen molar-refractivity contribution >= 4 is 50.1 Å². The Kier molecular flexibility index (Phi) is 33.4. The van der Waals surface area contributed by atoms with Gasteiger partial charge in [0.2, 0.25) is 0 Å². The molecule has 3 aliphatic rings. The van der Waals surface area contributed by atoms with E-state index >= 15 is 0 Å². The molecule has 0 spiro atoms. The number of aryl methyl sites for hydroxylation is 6. The summed E-state index contributed by atoms with van der Waals surface area (Å²) in [6.07, 6.45) is 5.84. The molecule has 0 unspecified atom stereocenters. The minimum Gasteiger partial charge on any atom is -0.512 e. The number of aliphatic hydroxyl groups excluding tert-OH is 3. The van der Waals surface area contributed by atoms with E-state index in [1.54, 1.807) is 0 Å². The van der Waals surface area contributed by atoms with E-state index in [4.69, 9.17) is 25.2 Å². The summed E-state index contributed by atoms with van der Waals surface area (Å²) in [6, 6.07) is 92.3. The molecule has 3 aromatic heterocycles. The van der Waals surface area contributed by atoms with Gasteiger partial charge < -0.3 is 15.3 Å². The number of ketones is 3. The van der Waals surface area contributed by atoms with Crippen molar-refractivity contribution < 1.29 is 90.0 Å². The van der Waals surface area contributed by atoms with Crippen molar-refractivity contribution in [1.29, 1.82) is 0 Å². The largest absolute Gasteiger partial charge is 0.512 e. The fourth-order valence-corrected chi connectivity index (χ4v) is 17.9. The van der Waals surface area contributed by atoms with Gasteiger partial charge in [-0.15, -0.1) is 105 Å². The number of carbonyl (C=O) groups is 3. The van der Waals surface area contributed by atoms with Gasteiger partial charge in [0, 0.05) is 124 Å². The second-order valence-corrected chi connectivity index (χ2v) is 36.7. The van der Waals surface area contributed by atoms with E-state index in [1.807, 2.05) is 27.7 Å². The first-order valence-electron chi connectivity index (χ1n) is 43.3. The molecule has 3 N–H and O–H groups in total. The number of aliphatic hydroxyl groups is 3. The summed E-state index contributed by atoms with van der Waals surface area (Å²) in [6.45, 7) is 45.0. The SMILES string of the molecule is CC(=O)C=C(C)O.CC(=O)C=C(C)O.CC(C)CC(=O)C=C(O)CC(C)C.Cc1[c-]c(-c2cc(-c3ccccc3)c3cc4c(cc3n2)C(C)(C)c2ccccc2-4)cc(C)c1.Cc1[c-]c(-c2cc(-c3ccccc3)c3cc4c(cc3n2)C(C)(C)c2ccccc2-4)cc(C)c1.Cc1[c-]c(-c2cc(CC(C)C)c3cc4c(cc3n2)C(C)(C)c2ccccc2-4)cc(C)c1.[Ir].[Ir].[Ir]. The molecule has 0 saturated carbocycles. The molecule has 9 nitrogen and oxygen atoms in total. The van der Waals surface area contributed by atoms with Crippen LogP contribution in [0.5, 0.6) is 0 Å². The van der Waals surface area contributed by atoms with E-state index in [9.17, 15) is 19.5 Å². The van der Waals surface area contributed by atoms with E-state index in [2.05, 4.69) is 340 Å². The van der Waals surface area contributed by atoms with Crippen molar-refractivity contribution in [2.45, 2.75) is 188 Å². The maximum absolute atomic E-state index is 11.2. The molecule has 12 heteroatoms. The summed E-state index contributed by atoms with van der Waals surface area (Å²) >= 11 is 0. The maximum atomic E-state index is 11.2. The molecule has 127 heavy (non-hydrogen) atoms. The number of pyridine rings is 3. The number of allylic oxidation sites excluding steroid dienone is 6. The Morgan fingerprint density at radius 1 is 0.339 bits per heavy atom. The van der Waals surface area contributed by atoms with Crippen LogP contribution in [0.3, 0.4) is 0 Å². The summed E-state index contributed by atoms with van der Waals surface area (Å²) < 4.78 is 0. The maximum Gasteiger partial charge on any atom is 0.159 e. The van der Waals surface area contributed by atoms with Gasteiger partial charge in [0.25, 0.3) is 0 Å². The van der Waals surface area contributed by atoms with Gasteiger partial charge in [0.15, 0.2) is 17.3 Å². The molecule has 3 heterocycles. The third kappa shape index (κ3) is 23.6. The third-order valence-corrected chi connectivity index (χ3v) is 23.1. The minimum atomic E-state index is -0.125. The number of hydrogen-bond acceptors (Lipinski definition) is 9. The van der Waals surface area contributed by atoms with Crippen LogP contribution in [0.1, 0.15) is 196 Å². The summed E-state index contributed by atoms with van der Waals surface area (Å²) in [5.41, 5.74) is 39.0. The standard InChI is InChI=1S/2C32H26N.C30H30N.C11H20O2.2C5H8O2.3Ir/c2*1-20-14-21(2)16-23(15-20)30-18-25(22-10-6-5-7-11-22)27-17-26-24-12-8-9-13-28(24)32(3,4)29(26)19-31(27)33-30;1-18(2)11-21-15-28(22-13-19(3)12-20(4)14-22)31-29-17-27-25(16-24(21)29)23-9-7-8-10-26(23)30(27,5)6;1-8(2)5-10(12)7-11(13)6-9(3)4;2*1-4(6)3-5(2)7;;;/h2*5-15,17-19H,1-4H3;7-10,12-13,15-18H,11H2,1-6H3;7-9,12H,5-6H2,1-4H3;2*3,6H,1-2H3;;;/q3*-1;;;;;;. The Labute approximate surface area is 794 Å². The summed E-state index contributed by atoms with van der Waals surface area (Å²) in [5, 5.41) is 29.7. The van der Waals surface area contributed by atoms with Gasteiger partial charge in [-0.1, -0.05) is 276 Å². The van der Waals surface area contributed by atoms with Crippen molar-refractivity contribution in [2.24, 2.45) is 17.8 Å². The number of fused-ring (bicyclic) bond motifs is 12. The third-order valence-electron chi connectivity index (χ3n) is 23.1. The second-order valence-electron chi connectivity index (χ2n) is 36.7. The number of nitrogens with zero attached hydrogens (tertiary/aromatic N) is 3. The van der Waals surface area contributed by atoms with Gasteiger partial charge in [-0.3, -0.25) is 29.3 Å². The molecule has 17 rings (SSSR count). The molecule has 659 valence electrons. The number of rotatable bonds is 14. The number of benzene rings is 11. The van der Waals surface area contributed by atoms with Crippen LogP contribution in [0.15, 0.2) is 260 Å². The molecular formula is C115H118Ir3N3O6-3. The summed E-state index contributed by atoms with van der Waals surface area (Å²) in [4.78, 5) is 46.8. The molecule has 0 atom stereocenters. The molecule has 0 bridgehead atoms. The van der Waals surface area contributed by atoms with Crippen LogP contribution in [-0.4, -0.2) is 47.6 Å². The van der Waals surface area contributed by atoms with E-state index in [1.165, 1.54) is 173 Å². The fraction of sp³-hybridized carbons (Fsp3) is 0.270. The van der Waals surface area contributed by atoms with E-state index in [0.29, 0.717) is 30.6 Å². The number of hydrogen-bond donors (Lipinski definition) is 3. The fourth-order valence-electron chi connectivity index (χ4n) is 17.9. The monoisotopic (exact) mass is 2220 g/mol. The topological polar surface area (TPSA) is 151 Å². The van der Waals surface area contributed by atoms with Gasteiger partial charge >= 0.3 is 0 Å². The van der Waals surface area contributed by atoms with Crippen molar-refractivity contribution in [3.8, 4) is 89.4 Å². The minimum absolute atomic E-state index is 0. The number of carbonyl (C=O) groups excluding carboxylic acids is 3. The molecule has 11 aromatic carbocycles. The quantitative estimate of drug-likeness (QED) is 0.0549. The predicted octanol–water partition coefficient (Wildman–Crippen LogP) is 29.6. The molecule has 0 aliphatic heterocycles. The Morgan fingerprint density at radius 2 is 0.646 bits per heavy atom. The van der Waals surface area contributed by atoms with Crippen molar-refractivity contribution in [2.75, 3.05) is 0 Å². The van der Waals surface area contributed by atoms with Crippen LogP contribution in [-0.2, 0) is 97.4 Å². The van der Waals surface area contributed by atoms with Crippen LogP contribution >= 0.6 is 0 Å². The Morgan fingerprint density at radius 3 is 0.945 bits per heavy atom. The number of aromatic nitrogens is 3. The molecule has 0 amide bonds. The summed E-state index contributed by atoms with van der Waals surface area (Å²) in [7, 11) is 0. The summed E-state index contributed by atoms with van der Waals surface area (Å²) in [5.74, 6) is 1.44. The van der Waals surface area contributed by atoms with Crippen LogP contribution in [0.2, 0.25) is 0 Å². The van der Waals surface area contributed by atoms with Gasteiger partial charge in [-0.2, -0.15) is 0 Å². The van der Waals surface area contributed by atoms with Crippen molar-refractivity contribution in [3.05, 3.63) is 350 Å². The normalized spacial score (nSPS) is 13.1. The van der Waals surface area contributed by atoms with E-state index in [0.717, 1.165) is 73.4 Å². The zero-order valence-corrected chi connectivity index (χ0v) is 84.5. The molecule has 14 aromatic rings.